The van der Waals surface area contributed by atoms with E-state index in [1.54, 1.807) is 23.4 Å². The van der Waals surface area contributed by atoms with Crippen molar-refractivity contribution in [3.63, 3.8) is 0 Å². The standard InChI is InChI=1S/C22H19N3O3/c26-18-13-22(28-19-7-2-1-6-17(18)19)8-11-25(14-22)21(27)16-5-3-4-15(12-16)20-23-9-10-24-20/h1-7,9-10,12H,8,11,13-14H2,(H,23,24)/t22-/m1/s1. The molecule has 0 saturated carbocycles. The molecule has 1 aromatic heterocycles. The first-order chi connectivity index (χ1) is 13.6. The molecule has 1 fully saturated rings. The number of Topliss-reactive ketones (excluding diaryl/α,β-unsaturated/α-hetero) is 1. The Morgan fingerprint density at radius 3 is 2.93 bits per heavy atom. The van der Waals surface area contributed by atoms with Gasteiger partial charge in [-0.05, 0) is 24.3 Å². The third-order valence-electron chi connectivity index (χ3n) is 5.48. The van der Waals surface area contributed by atoms with Crippen LogP contribution in [0.5, 0.6) is 5.75 Å². The number of nitrogens with zero attached hydrogens (tertiary/aromatic N) is 2. The average molecular weight is 373 g/mol. The van der Waals surface area contributed by atoms with Crippen LogP contribution < -0.4 is 4.74 Å². The van der Waals surface area contributed by atoms with E-state index in [1.807, 2.05) is 42.5 Å². The van der Waals surface area contributed by atoms with Crippen LogP contribution in [0.1, 0.15) is 33.6 Å². The van der Waals surface area contributed by atoms with Crippen molar-refractivity contribution in [2.75, 3.05) is 13.1 Å². The highest BCUT2D eigenvalue weighted by Gasteiger charge is 2.47. The number of para-hydroxylation sites is 1. The minimum Gasteiger partial charge on any atom is -0.484 e. The fraction of sp³-hybridized carbons (Fsp3) is 0.227. The zero-order valence-electron chi connectivity index (χ0n) is 15.2. The molecule has 1 atom stereocenters. The van der Waals surface area contributed by atoms with Crippen LogP contribution in [0.15, 0.2) is 60.9 Å². The highest BCUT2D eigenvalue weighted by molar-refractivity contribution is 6.01. The second-order valence-electron chi connectivity index (χ2n) is 7.38. The number of likely N-dealkylation sites (tertiary alicyclic amines) is 1. The number of carbonyl (C=O) groups is 2. The zero-order valence-corrected chi connectivity index (χ0v) is 15.2. The first-order valence-corrected chi connectivity index (χ1v) is 9.34. The van der Waals surface area contributed by atoms with Crippen molar-refractivity contribution in [1.82, 2.24) is 14.9 Å². The monoisotopic (exact) mass is 373 g/mol. The number of aromatic amines is 1. The number of hydrogen-bond donors (Lipinski definition) is 1. The maximum Gasteiger partial charge on any atom is 0.254 e. The summed E-state index contributed by atoms with van der Waals surface area (Å²) in [5.74, 6) is 1.37. The molecule has 1 saturated heterocycles. The Morgan fingerprint density at radius 2 is 2.07 bits per heavy atom. The highest BCUT2D eigenvalue weighted by atomic mass is 16.5. The Labute approximate surface area is 162 Å². The lowest BCUT2D eigenvalue weighted by atomic mass is 9.89. The van der Waals surface area contributed by atoms with E-state index in [2.05, 4.69) is 9.97 Å². The number of ketones is 1. The summed E-state index contributed by atoms with van der Waals surface area (Å²) in [6, 6.07) is 14.7. The van der Waals surface area contributed by atoms with Crippen LogP contribution in [0.2, 0.25) is 0 Å². The van der Waals surface area contributed by atoms with Crippen molar-refractivity contribution in [3.8, 4) is 17.1 Å². The molecule has 2 aliphatic heterocycles. The molecule has 0 unspecified atom stereocenters. The predicted molar refractivity (Wildman–Crippen MR) is 103 cm³/mol. The van der Waals surface area contributed by atoms with Gasteiger partial charge in [0.25, 0.3) is 5.91 Å². The highest BCUT2D eigenvalue weighted by Crippen LogP contribution is 2.39. The van der Waals surface area contributed by atoms with Gasteiger partial charge in [-0.25, -0.2) is 4.98 Å². The number of ether oxygens (including phenoxy) is 1. The van der Waals surface area contributed by atoms with E-state index in [1.165, 1.54) is 0 Å². The Hall–Kier alpha value is -3.41. The lowest BCUT2D eigenvalue weighted by molar-refractivity contribution is 0.0428. The van der Waals surface area contributed by atoms with Gasteiger partial charge < -0.3 is 14.6 Å². The van der Waals surface area contributed by atoms with Crippen LogP contribution in [-0.2, 0) is 0 Å². The molecule has 0 radical (unpaired) electrons. The van der Waals surface area contributed by atoms with Gasteiger partial charge in [0.15, 0.2) is 5.78 Å². The molecule has 3 aromatic rings. The number of hydrogen-bond acceptors (Lipinski definition) is 4. The summed E-state index contributed by atoms with van der Waals surface area (Å²) < 4.78 is 6.22. The van der Waals surface area contributed by atoms with E-state index in [9.17, 15) is 9.59 Å². The molecule has 5 rings (SSSR count). The van der Waals surface area contributed by atoms with Crippen LogP contribution in [0.25, 0.3) is 11.4 Å². The number of fused-ring (bicyclic) bond motifs is 1. The van der Waals surface area contributed by atoms with Crippen molar-refractivity contribution in [2.45, 2.75) is 18.4 Å². The first kappa shape index (κ1) is 16.7. The second-order valence-corrected chi connectivity index (χ2v) is 7.38. The lowest BCUT2D eigenvalue weighted by Crippen LogP contribution is -2.45. The normalized spacial score (nSPS) is 20.9. The number of benzene rings is 2. The summed E-state index contributed by atoms with van der Waals surface area (Å²) in [6.45, 7) is 0.982. The topological polar surface area (TPSA) is 75.3 Å². The Morgan fingerprint density at radius 1 is 1.18 bits per heavy atom. The van der Waals surface area contributed by atoms with E-state index in [4.69, 9.17) is 4.74 Å². The second kappa shape index (κ2) is 6.34. The quantitative estimate of drug-likeness (QED) is 0.748. The summed E-state index contributed by atoms with van der Waals surface area (Å²) in [7, 11) is 0. The number of amides is 1. The van der Waals surface area contributed by atoms with Gasteiger partial charge in [0.05, 0.1) is 18.5 Å². The Balaban J connectivity index is 1.38. The summed E-state index contributed by atoms with van der Waals surface area (Å²) in [5.41, 5.74) is 1.47. The number of aromatic nitrogens is 2. The van der Waals surface area contributed by atoms with E-state index < -0.39 is 5.60 Å². The minimum absolute atomic E-state index is 0.0554. The summed E-state index contributed by atoms with van der Waals surface area (Å²) >= 11 is 0. The Kier molecular flexibility index (Phi) is 3.79. The van der Waals surface area contributed by atoms with Crippen LogP contribution in [0.3, 0.4) is 0 Å². The van der Waals surface area contributed by atoms with Gasteiger partial charge in [-0.1, -0.05) is 24.3 Å². The fourth-order valence-electron chi connectivity index (χ4n) is 4.09. The van der Waals surface area contributed by atoms with Gasteiger partial charge in [0.2, 0.25) is 0 Å². The van der Waals surface area contributed by atoms with Gasteiger partial charge >= 0.3 is 0 Å². The molecule has 0 aliphatic carbocycles. The molecule has 28 heavy (non-hydrogen) atoms. The molecular formula is C22H19N3O3. The molecule has 0 bridgehead atoms. The van der Waals surface area contributed by atoms with E-state index >= 15 is 0 Å². The molecule has 1 amide bonds. The summed E-state index contributed by atoms with van der Waals surface area (Å²) in [4.78, 5) is 34.7. The fourth-order valence-corrected chi connectivity index (χ4v) is 4.09. The minimum atomic E-state index is -0.625. The third-order valence-corrected chi connectivity index (χ3v) is 5.48. The van der Waals surface area contributed by atoms with E-state index in [0.717, 1.165) is 11.4 Å². The average Bonchev–Trinajstić information content (AvgIpc) is 3.38. The van der Waals surface area contributed by atoms with Gasteiger partial charge in [0.1, 0.15) is 17.2 Å². The van der Waals surface area contributed by atoms with E-state index in [-0.39, 0.29) is 11.7 Å². The van der Waals surface area contributed by atoms with Gasteiger partial charge in [-0.15, -0.1) is 0 Å². The number of imidazole rings is 1. The first-order valence-electron chi connectivity index (χ1n) is 9.34. The Bertz CT molecular complexity index is 1060. The number of nitrogens with one attached hydrogen (secondary N) is 1. The van der Waals surface area contributed by atoms with Gasteiger partial charge in [-0.2, -0.15) is 0 Å². The third kappa shape index (κ3) is 2.78. The lowest BCUT2D eigenvalue weighted by Gasteiger charge is -2.34. The van der Waals surface area contributed by atoms with E-state index in [0.29, 0.717) is 42.8 Å². The maximum absolute atomic E-state index is 13.1. The van der Waals surface area contributed by atoms with Gasteiger partial charge in [0, 0.05) is 36.5 Å². The van der Waals surface area contributed by atoms with Crippen molar-refractivity contribution in [2.24, 2.45) is 0 Å². The molecule has 1 N–H and O–H groups in total. The number of H-pyrrole nitrogens is 1. The molecule has 3 heterocycles. The number of carbonyl (C=O) groups excluding carboxylic acids is 2. The van der Waals surface area contributed by atoms with Crippen LogP contribution in [-0.4, -0.2) is 45.2 Å². The molecular weight excluding hydrogens is 354 g/mol. The van der Waals surface area contributed by atoms with Crippen molar-refractivity contribution in [3.05, 3.63) is 72.1 Å². The maximum atomic E-state index is 13.1. The SMILES string of the molecule is O=C1C[C@@]2(CCN(C(=O)c3cccc(-c4ncc[nH]4)c3)C2)Oc2ccccc21. The summed E-state index contributed by atoms with van der Waals surface area (Å²) in [5, 5.41) is 0. The largest absolute Gasteiger partial charge is 0.484 e. The molecule has 1 spiro atoms. The number of rotatable bonds is 2. The van der Waals surface area contributed by atoms with Crippen molar-refractivity contribution in [1.29, 1.82) is 0 Å². The van der Waals surface area contributed by atoms with Gasteiger partial charge in [-0.3, -0.25) is 9.59 Å². The van der Waals surface area contributed by atoms with Crippen LogP contribution >= 0.6 is 0 Å². The smallest absolute Gasteiger partial charge is 0.254 e. The molecule has 6 heteroatoms. The van der Waals surface area contributed by atoms with Crippen molar-refractivity contribution >= 4 is 11.7 Å². The van der Waals surface area contributed by atoms with Crippen molar-refractivity contribution < 1.29 is 14.3 Å². The van der Waals surface area contributed by atoms with Crippen LogP contribution in [0.4, 0.5) is 0 Å². The van der Waals surface area contributed by atoms with Crippen LogP contribution in [0, 0.1) is 0 Å². The molecule has 140 valence electrons. The molecule has 2 aromatic carbocycles. The summed E-state index contributed by atoms with van der Waals surface area (Å²) in [6.07, 6.45) is 4.39. The molecule has 2 aliphatic rings. The molecule has 6 nitrogen and oxygen atoms in total. The predicted octanol–water partition coefficient (Wildman–Crippen LogP) is 3.33. The zero-order chi connectivity index (χ0) is 19.1.